The molecule has 29 heavy (non-hydrogen) atoms. The van der Waals surface area contributed by atoms with Crippen LogP contribution in [0.3, 0.4) is 0 Å². The molecular weight excluding hydrogens is 409 g/mol. The predicted molar refractivity (Wildman–Crippen MR) is 122 cm³/mol. The molecule has 0 aliphatic carbocycles. The summed E-state index contributed by atoms with van der Waals surface area (Å²) in [7, 11) is 0. The Labute approximate surface area is 185 Å². The summed E-state index contributed by atoms with van der Waals surface area (Å²) in [6.07, 6.45) is 2.30. The highest BCUT2D eigenvalue weighted by Crippen LogP contribution is 2.26. The molecule has 1 heterocycles. The molecule has 0 radical (unpaired) electrons. The molecule has 7 heteroatoms. The number of nitrogens with two attached hydrogens (primary N) is 1. The number of carbonyl (C=O) groups excluding carboxylic acids is 1. The summed E-state index contributed by atoms with van der Waals surface area (Å²) in [5.74, 6) is 0.372. The fourth-order valence-electron chi connectivity index (χ4n) is 3.60. The van der Waals surface area contributed by atoms with Gasteiger partial charge in [-0.2, -0.15) is 0 Å². The normalized spacial score (nSPS) is 18.4. The maximum Gasteiger partial charge on any atom is 0.248 e. The van der Waals surface area contributed by atoms with Crippen LogP contribution in [0.25, 0.3) is 0 Å². The first-order valence-electron chi connectivity index (χ1n) is 9.65. The summed E-state index contributed by atoms with van der Waals surface area (Å²) in [5, 5.41) is 7.30. The van der Waals surface area contributed by atoms with Crippen molar-refractivity contribution in [2.75, 3.05) is 6.54 Å². The van der Waals surface area contributed by atoms with E-state index in [0.717, 1.165) is 30.7 Å². The average Bonchev–Trinajstić information content (AvgIpc) is 2.67. The third-order valence-electron chi connectivity index (χ3n) is 4.88. The minimum absolute atomic E-state index is 0. The lowest BCUT2D eigenvalue weighted by molar-refractivity contribution is 0.1000. The third-order valence-corrected chi connectivity index (χ3v) is 4.88. The van der Waals surface area contributed by atoms with Crippen LogP contribution >= 0.6 is 24.8 Å². The largest absolute Gasteiger partial charge is 0.491 e. The van der Waals surface area contributed by atoms with Crippen molar-refractivity contribution < 1.29 is 9.53 Å². The van der Waals surface area contributed by atoms with Crippen molar-refractivity contribution in [3.05, 3.63) is 65.2 Å². The van der Waals surface area contributed by atoms with Crippen molar-refractivity contribution in [3.63, 3.8) is 0 Å². The molecule has 3 rings (SSSR count). The molecule has 1 aliphatic rings. The number of carbonyl (C=O) groups is 1. The summed E-state index contributed by atoms with van der Waals surface area (Å²) >= 11 is 0. The van der Waals surface area contributed by atoms with E-state index in [-0.39, 0.29) is 37.0 Å². The van der Waals surface area contributed by atoms with Crippen LogP contribution in [0.1, 0.15) is 54.2 Å². The predicted octanol–water partition coefficient (Wildman–Crippen LogP) is 4.00. The van der Waals surface area contributed by atoms with E-state index in [4.69, 9.17) is 10.5 Å². The summed E-state index contributed by atoms with van der Waals surface area (Å²) in [4.78, 5) is 11.6. The molecule has 0 spiro atoms. The molecule has 160 valence electrons. The van der Waals surface area contributed by atoms with Crippen LogP contribution in [0.15, 0.2) is 48.5 Å². The number of ether oxygens (including phenoxy) is 1. The molecule has 0 saturated carbocycles. The van der Waals surface area contributed by atoms with E-state index in [0.29, 0.717) is 18.2 Å². The van der Waals surface area contributed by atoms with E-state index in [1.54, 1.807) is 6.07 Å². The molecule has 1 aliphatic heterocycles. The Hall–Kier alpha value is -1.79. The molecule has 1 amide bonds. The Morgan fingerprint density at radius 3 is 2.59 bits per heavy atom. The molecule has 0 unspecified atom stereocenters. The van der Waals surface area contributed by atoms with Crippen molar-refractivity contribution in [2.45, 2.75) is 51.4 Å². The van der Waals surface area contributed by atoms with Crippen LogP contribution in [0.4, 0.5) is 0 Å². The molecule has 4 N–H and O–H groups in total. The van der Waals surface area contributed by atoms with Crippen LogP contribution in [0.2, 0.25) is 0 Å². The molecule has 1 fully saturated rings. The molecule has 1 saturated heterocycles. The van der Waals surface area contributed by atoms with Crippen molar-refractivity contribution in [1.82, 2.24) is 10.6 Å². The van der Waals surface area contributed by atoms with Crippen molar-refractivity contribution in [3.8, 4) is 5.75 Å². The van der Waals surface area contributed by atoms with Gasteiger partial charge in [-0.3, -0.25) is 4.79 Å². The molecule has 2 atom stereocenters. The fourth-order valence-corrected chi connectivity index (χ4v) is 3.60. The van der Waals surface area contributed by atoms with Gasteiger partial charge in [-0.05, 0) is 57.0 Å². The first-order chi connectivity index (χ1) is 13.0. The Balaban J connectivity index is 0.00000210. The lowest BCUT2D eigenvalue weighted by Gasteiger charge is -2.34. The minimum atomic E-state index is -0.422. The average molecular weight is 440 g/mol. The smallest absolute Gasteiger partial charge is 0.248 e. The van der Waals surface area contributed by atoms with Crippen molar-refractivity contribution in [2.24, 2.45) is 5.73 Å². The van der Waals surface area contributed by atoms with E-state index in [1.165, 1.54) is 5.56 Å². The summed E-state index contributed by atoms with van der Waals surface area (Å²) in [6, 6.07) is 16.5. The van der Waals surface area contributed by atoms with Crippen molar-refractivity contribution >= 4 is 30.7 Å². The first-order valence-corrected chi connectivity index (χ1v) is 9.65. The number of piperidine rings is 1. The van der Waals surface area contributed by atoms with E-state index in [9.17, 15) is 4.79 Å². The molecule has 0 aromatic heterocycles. The van der Waals surface area contributed by atoms with Gasteiger partial charge in [-0.15, -0.1) is 24.8 Å². The maximum atomic E-state index is 11.6. The first kappa shape index (κ1) is 25.2. The molecular formula is C22H31Cl2N3O2. The van der Waals surface area contributed by atoms with Crippen LogP contribution in [0.5, 0.6) is 5.75 Å². The number of hydrogen-bond donors (Lipinski definition) is 3. The zero-order valence-corrected chi connectivity index (χ0v) is 18.5. The van der Waals surface area contributed by atoms with E-state index >= 15 is 0 Å². The van der Waals surface area contributed by atoms with Gasteiger partial charge in [-0.25, -0.2) is 0 Å². The minimum Gasteiger partial charge on any atom is -0.491 e. The Bertz CT molecular complexity index is 772. The standard InChI is InChI=1S/C22H29N3O2.2ClH/c1-15(2)27-20-11-10-17(22(23)26)13-18(20)14-25-19-9-6-12-24-21(19)16-7-4-3-5-8-16;;/h3-5,7-8,10-11,13,15,19,21,24-25H,6,9,12,14H2,1-2H3,(H2,23,26);2*1H/t19-,21-;;/m0../s1. The number of hydrogen-bond acceptors (Lipinski definition) is 4. The Kier molecular flexibility index (Phi) is 10.5. The van der Waals surface area contributed by atoms with Gasteiger partial charge in [0.05, 0.1) is 6.10 Å². The Morgan fingerprint density at radius 1 is 1.21 bits per heavy atom. The highest BCUT2D eigenvalue weighted by molar-refractivity contribution is 5.93. The molecule has 2 aromatic rings. The lowest BCUT2D eigenvalue weighted by atomic mass is 9.92. The van der Waals surface area contributed by atoms with Gasteiger partial charge in [0, 0.05) is 29.8 Å². The van der Waals surface area contributed by atoms with Gasteiger partial charge < -0.3 is 21.1 Å². The van der Waals surface area contributed by atoms with E-state index in [1.807, 2.05) is 32.0 Å². The number of primary amides is 1. The summed E-state index contributed by atoms with van der Waals surface area (Å²) in [5.41, 5.74) is 8.21. The van der Waals surface area contributed by atoms with Crippen LogP contribution < -0.4 is 21.1 Å². The van der Waals surface area contributed by atoms with Gasteiger partial charge >= 0.3 is 0 Å². The fraction of sp³-hybridized carbons (Fsp3) is 0.409. The van der Waals surface area contributed by atoms with Gasteiger partial charge in [-0.1, -0.05) is 30.3 Å². The number of nitrogens with one attached hydrogen (secondary N) is 2. The number of rotatable bonds is 7. The topological polar surface area (TPSA) is 76.4 Å². The second-order valence-corrected chi connectivity index (χ2v) is 7.33. The maximum absolute atomic E-state index is 11.6. The molecule has 2 aromatic carbocycles. The number of halogens is 2. The monoisotopic (exact) mass is 439 g/mol. The van der Waals surface area contributed by atoms with Crippen LogP contribution in [-0.2, 0) is 6.54 Å². The number of benzene rings is 2. The second kappa shape index (κ2) is 12.0. The van der Waals surface area contributed by atoms with E-state index < -0.39 is 5.91 Å². The van der Waals surface area contributed by atoms with Gasteiger partial charge in [0.1, 0.15) is 5.75 Å². The summed E-state index contributed by atoms with van der Waals surface area (Å²) in [6.45, 7) is 5.64. The van der Waals surface area contributed by atoms with E-state index in [2.05, 4.69) is 34.9 Å². The van der Waals surface area contributed by atoms with Crippen LogP contribution in [-0.4, -0.2) is 24.6 Å². The lowest BCUT2D eigenvalue weighted by Crippen LogP contribution is -2.45. The number of amides is 1. The Morgan fingerprint density at radius 2 is 1.93 bits per heavy atom. The molecule has 5 nitrogen and oxygen atoms in total. The van der Waals surface area contributed by atoms with Crippen molar-refractivity contribution in [1.29, 1.82) is 0 Å². The zero-order valence-electron chi connectivity index (χ0n) is 16.9. The summed E-state index contributed by atoms with van der Waals surface area (Å²) < 4.78 is 5.92. The second-order valence-electron chi connectivity index (χ2n) is 7.33. The van der Waals surface area contributed by atoms with Gasteiger partial charge in [0.2, 0.25) is 5.91 Å². The van der Waals surface area contributed by atoms with Gasteiger partial charge in [0.15, 0.2) is 0 Å². The highest BCUT2D eigenvalue weighted by Gasteiger charge is 2.26. The SMILES string of the molecule is CC(C)Oc1ccc(C(N)=O)cc1CN[C@H]1CCCN[C@H]1c1ccccc1.Cl.Cl. The zero-order chi connectivity index (χ0) is 19.2. The third kappa shape index (κ3) is 6.89. The molecule has 0 bridgehead atoms. The quantitative estimate of drug-likeness (QED) is 0.609. The highest BCUT2D eigenvalue weighted by atomic mass is 35.5. The van der Waals surface area contributed by atoms with Crippen LogP contribution in [0, 0.1) is 0 Å². The van der Waals surface area contributed by atoms with Gasteiger partial charge in [0.25, 0.3) is 0 Å².